The number of benzene rings is 2. The van der Waals surface area contributed by atoms with Crippen molar-refractivity contribution in [1.82, 2.24) is 4.90 Å². The number of imide groups is 1. The molecule has 0 aliphatic carbocycles. The fourth-order valence-electron chi connectivity index (χ4n) is 3.41. The second-order valence-electron chi connectivity index (χ2n) is 7.23. The molecule has 1 aliphatic heterocycles. The highest BCUT2D eigenvalue weighted by Gasteiger charge is 2.35. The minimum Gasteiger partial charge on any atom is -0.456 e. The number of aryl methyl sites for hydroxylation is 3. The van der Waals surface area contributed by atoms with Gasteiger partial charge in [0, 0.05) is 12.2 Å². The number of esters is 1. The van der Waals surface area contributed by atoms with E-state index in [1.807, 2.05) is 39.0 Å². The van der Waals surface area contributed by atoms with Gasteiger partial charge in [-0.05, 0) is 43.5 Å². The second-order valence-corrected chi connectivity index (χ2v) is 7.23. The molecule has 1 heterocycles. The Balaban J connectivity index is 1.51. The lowest BCUT2D eigenvalue weighted by Crippen LogP contribution is -2.32. The molecule has 3 rings (SSSR count). The van der Waals surface area contributed by atoms with Crippen molar-refractivity contribution in [2.24, 2.45) is 0 Å². The zero-order valence-electron chi connectivity index (χ0n) is 17.3. The molecule has 2 aromatic rings. The molecule has 0 aromatic heterocycles. The fourth-order valence-corrected chi connectivity index (χ4v) is 3.41. The van der Waals surface area contributed by atoms with Gasteiger partial charge in [0.25, 0.3) is 17.7 Å². The summed E-state index contributed by atoms with van der Waals surface area (Å²) in [6, 6.07) is 10.8. The van der Waals surface area contributed by atoms with Crippen LogP contribution in [0.15, 0.2) is 36.4 Å². The van der Waals surface area contributed by atoms with Crippen LogP contribution in [0.5, 0.6) is 0 Å². The molecule has 156 valence electrons. The number of rotatable bonds is 7. The van der Waals surface area contributed by atoms with Crippen molar-refractivity contribution in [3.63, 3.8) is 0 Å². The predicted molar refractivity (Wildman–Crippen MR) is 111 cm³/mol. The predicted octanol–water partition coefficient (Wildman–Crippen LogP) is 3.03. The van der Waals surface area contributed by atoms with Crippen LogP contribution in [0.3, 0.4) is 0 Å². The average molecular weight is 408 g/mol. The van der Waals surface area contributed by atoms with Crippen molar-refractivity contribution in [3.05, 3.63) is 64.2 Å². The van der Waals surface area contributed by atoms with Crippen LogP contribution in [0.2, 0.25) is 0 Å². The molecule has 0 bridgehead atoms. The quantitative estimate of drug-likeness (QED) is 0.562. The zero-order chi connectivity index (χ0) is 21.8. The Hall–Kier alpha value is -3.48. The van der Waals surface area contributed by atoms with Crippen LogP contribution in [-0.4, -0.2) is 41.7 Å². The summed E-state index contributed by atoms with van der Waals surface area (Å²) in [7, 11) is 0. The Bertz CT molecular complexity index is 1030. The minimum absolute atomic E-state index is 0.0936. The number of hydrogen-bond acceptors (Lipinski definition) is 5. The molecule has 2 aromatic carbocycles. The third-order valence-corrected chi connectivity index (χ3v) is 5.03. The number of amides is 3. The van der Waals surface area contributed by atoms with E-state index in [0.717, 1.165) is 33.7 Å². The zero-order valence-corrected chi connectivity index (χ0v) is 17.3. The van der Waals surface area contributed by atoms with Gasteiger partial charge in [-0.25, -0.2) is 0 Å². The summed E-state index contributed by atoms with van der Waals surface area (Å²) in [4.78, 5) is 50.0. The molecule has 0 saturated heterocycles. The van der Waals surface area contributed by atoms with E-state index in [1.54, 1.807) is 18.2 Å². The van der Waals surface area contributed by atoms with Gasteiger partial charge in [-0.15, -0.1) is 0 Å². The first-order valence-corrected chi connectivity index (χ1v) is 9.82. The molecule has 0 unspecified atom stereocenters. The first kappa shape index (κ1) is 21.2. The molecule has 0 radical (unpaired) electrons. The van der Waals surface area contributed by atoms with Crippen molar-refractivity contribution in [2.45, 2.75) is 33.6 Å². The first-order valence-electron chi connectivity index (χ1n) is 9.82. The molecule has 3 amide bonds. The van der Waals surface area contributed by atoms with E-state index in [2.05, 4.69) is 5.32 Å². The molecule has 7 heteroatoms. The number of fused-ring (bicyclic) bond motifs is 1. The maximum atomic E-state index is 12.4. The Morgan fingerprint density at radius 1 is 1.03 bits per heavy atom. The number of nitrogens with zero attached hydrogens (tertiary/aromatic N) is 1. The van der Waals surface area contributed by atoms with E-state index >= 15 is 0 Å². The standard InChI is InChI=1S/C23H24N2O5/c1-4-16-7-5-6-15(3)21(16)24-19(26)13-30-20(27)10-11-25-22(28)17-9-8-14(2)12-18(17)23(25)29/h5-9,12H,4,10-11,13H2,1-3H3,(H,24,26). The van der Waals surface area contributed by atoms with E-state index in [4.69, 9.17) is 4.74 Å². The average Bonchev–Trinajstić information content (AvgIpc) is 2.95. The monoisotopic (exact) mass is 408 g/mol. The highest BCUT2D eigenvalue weighted by Crippen LogP contribution is 2.24. The van der Waals surface area contributed by atoms with E-state index in [0.29, 0.717) is 11.1 Å². The lowest BCUT2D eigenvalue weighted by Gasteiger charge is -2.14. The van der Waals surface area contributed by atoms with Gasteiger partial charge in [-0.1, -0.05) is 36.8 Å². The van der Waals surface area contributed by atoms with E-state index in [1.165, 1.54) is 0 Å². The topological polar surface area (TPSA) is 92.8 Å². The van der Waals surface area contributed by atoms with Crippen LogP contribution in [0.25, 0.3) is 0 Å². The Morgan fingerprint density at radius 3 is 2.50 bits per heavy atom. The highest BCUT2D eigenvalue weighted by atomic mass is 16.5. The summed E-state index contributed by atoms with van der Waals surface area (Å²) in [6.07, 6.45) is 0.583. The van der Waals surface area contributed by atoms with E-state index < -0.39 is 30.3 Å². The Kier molecular flexibility index (Phi) is 6.30. The molecule has 1 aliphatic rings. The molecule has 30 heavy (non-hydrogen) atoms. The number of hydrogen-bond donors (Lipinski definition) is 1. The fraction of sp³-hybridized carbons (Fsp3) is 0.304. The van der Waals surface area contributed by atoms with Gasteiger partial charge in [-0.3, -0.25) is 24.1 Å². The molecule has 0 saturated carbocycles. The van der Waals surface area contributed by atoms with Crippen LogP contribution in [0, 0.1) is 13.8 Å². The van der Waals surface area contributed by atoms with Crippen molar-refractivity contribution < 1.29 is 23.9 Å². The first-order chi connectivity index (χ1) is 14.3. The van der Waals surface area contributed by atoms with Crippen molar-refractivity contribution in [3.8, 4) is 0 Å². The maximum Gasteiger partial charge on any atom is 0.308 e. The van der Waals surface area contributed by atoms with Crippen LogP contribution in [-0.2, 0) is 20.7 Å². The van der Waals surface area contributed by atoms with Crippen molar-refractivity contribution >= 4 is 29.4 Å². The third kappa shape index (κ3) is 4.40. The van der Waals surface area contributed by atoms with Gasteiger partial charge in [0.15, 0.2) is 6.61 Å². The molecule has 1 N–H and O–H groups in total. The van der Waals surface area contributed by atoms with E-state index in [-0.39, 0.29) is 13.0 Å². The van der Waals surface area contributed by atoms with E-state index in [9.17, 15) is 19.2 Å². The molecular weight excluding hydrogens is 384 g/mol. The lowest BCUT2D eigenvalue weighted by atomic mass is 10.1. The SMILES string of the molecule is CCc1cccc(C)c1NC(=O)COC(=O)CCN1C(=O)c2ccc(C)cc2C1=O. The number of carbonyl (C=O) groups is 4. The van der Waals surface area contributed by atoms with Crippen molar-refractivity contribution in [2.75, 3.05) is 18.5 Å². The summed E-state index contributed by atoms with van der Waals surface area (Å²) in [5.74, 6) is -1.94. The summed E-state index contributed by atoms with van der Waals surface area (Å²) < 4.78 is 5.02. The molecule has 7 nitrogen and oxygen atoms in total. The normalized spacial score (nSPS) is 12.7. The smallest absolute Gasteiger partial charge is 0.308 e. The maximum absolute atomic E-state index is 12.4. The number of ether oxygens (including phenoxy) is 1. The number of nitrogens with one attached hydrogen (secondary N) is 1. The van der Waals surface area contributed by atoms with Gasteiger partial charge >= 0.3 is 5.97 Å². The summed E-state index contributed by atoms with van der Waals surface area (Å²) in [6.45, 7) is 5.19. The van der Waals surface area contributed by atoms with Gasteiger partial charge in [0.2, 0.25) is 0 Å². The van der Waals surface area contributed by atoms with Gasteiger partial charge < -0.3 is 10.1 Å². The Labute approximate surface area is 175 Å². The van der Waals surface area contributed by atoms with Crippen LogP contribution in [0.1, 0.15) is 50.8 Å². The summed E-state index contributed by atoms with van der Waals surface area (Å²) in [5, 5.41) is 2.78. The molecule has 0 spiro atoms. The van der Waals surface area contributed by atoms with Crippen molar-refractivity contribution in [1.29, 1.82) is 0 Å². The number of carbonyl (C=O) groups excluding carboxylic acids is 4. The Morgan fingerprint density at radius 2 is 1.77 bits per heavy atom. The van der Waals surface area contributed by atoms with Crippen LogP contribution >= 0.6 is 0 Å². The largest absolute Gasteiger partial charge is 0.456 e. The molecule has 0 atom stereocenters. The second kappa shape index (κ2) is 8.90. The van der Waals surface area contributed by atoms with Crippen LogP contribution in [0.4, 0.5) is 5.69 Å². The highest BCUT2D eigenvalue weighted by molar-refractivity contribution is 6.21. The lowest BCUT2D eigenvalue weighted by molar-refractivity contribution is -0.147. The minimum atomic E-state index is -0.654. The number of anilines is 1. The third-order valence-electron chi connectivity index (χ3n) is 5.03. The number of para-hydroxylation sites is 1. The van der Waals surface area contributed by atoms with Gasteiger partial charge in [-0.2, -0.15) is 0 Å². The van der Waals surface area contributed by atoms with Crippen LogP contribution < -0.4 is 5.32 Å². The van der Waals surface area contributed by atoms with Gasteiger partial charge in [0.05, 0.1) is 17.5 Å². The molecular formula is C23H24N2O5. The summed E-state index contributed by atoms with van der Waals surface area (Å²) >= 11 is 0. The summed E-state index contributed by atoms with van der Waals surface area (Å²) in [5.41, 5.74) is 4.20. The van der Waals surface area contributed by atoms with Gasteiger partial charge in [0.1, 0.15) is 0 Å². The molecule has 0 fully saturated rings.